The van der Waals surface area contributed by atoms with Gasteiger partial charge in [0.05, 0.1) is 12.5 Å². The van der Waals surface area contributed by atoms with Gasteiger partial charge in [-0.2, -0.15) is 0 Å². The summed E-state index contributed by atoms with van der Waals surface area (Å²) in [6.45, 7) is 9.07. The Morgan fingerprint density at radius 1 is 1.17 bits per heavy atom. The van der Waals surface area contributed by atoms with Crippen LogP contribution < -0.4 is 10.6 Å². The summed E-state index contributed by atoms with van der Waals surface area (Å²) in [5.41, 5.74) is 2.10. The van der Waals surface area contributed by atoms with Crippen LogP contribution in [-0.2, 0) is 9.59 Å². The largest absolute Gasteiger partial charge is 0.355 e. The third-order valence-electron chi connectivity index (χ3n) is 3.95. The van der Waals surface area contributed by atoms with E-state index >= 15 is 0 Å². The predicted octanol–water partition coefficient (Wildman–Crippen LogP) is 2.45. The first kappa shape index (κ1) is 18.2. The van der Waals surface area contributed by atoms with Gasteiger partial charge in [0.2, 0.25) is 11.8 Å². The molecule has 5 nitrogen and oxygen atoms in total. The third-order valence-corrected chi connectivity index (χ3v) is 3.95. The fourth-order valence-electron chi connectivity index (χ4n) is 2.80. The van der Waals surface area contributed by atoms with Crippen molar-refractivity contribution in [3.63, 3.8) is 0 Å². The Hall–Kier alpha value is -2.14. The highest BCUT2D eigenvalue weighted by atomic mass is 16.2. The van der Waals surface area contributed by atoms with Gasteiger partial charge in [0, 0.05) is 31.8 Å². The summed E-state index contributed by atoms with van der Waals surface area (Å²) in [6, 6.07) is 7.63. The molecule has 0 aromatic heterocycles. The van der Waals surface area contributed by atoms with Gasteiger partial charge in [-0.25, -0.2) is 0 Å². The van der Waals surface area contributed by atoms with Crippen molar-refractivity contribution in [2.45, 2.75) is 45.7 Å². The lowest BCUT2D eigenvalue weighted by molar-refractivity contribution is -0.129. The van der Waals surface area contributed by atoms with E-state index in [2.05, 4.69) is 31.4 Å². The molecule has 1 aliphatic heterocycles. The summed E-state index contributed by atoms with van der Waals surface area (Å²) >= 11 is 0. The first-order valence-corrected chi connectivity index (χ1v) is 8.36. The zero-order valence-corrected chi connectivity index (χ0v) is 14.9. The molecule has 0 saturated carbocycles. The molecule has 1 aliphatic rings. The molecule has 0 fully saturated rings. The van der Waals surface area contributed by atoms with Gasteiger partial charge in [0.25, 0.3) is 0 Å². The molecule has 1 unspecified atom stereocenters. The van der Waals surface area contributed by atoms with E-state index < -0.39 is 0 Å². The highest BCUT2D eigenvalue weighted by Gasteiger charge is 2.27. The van der Waals surface area contributed by atoms with Crippen molar-refractivity contribution in [1.29, 1.82) is 0 Å². The lowest BCUT2D eigenvalue weighted by Crippen LogP contribution is -2.42. The summed E-state index contributed by atoms with van der Waals surface area (Å²) in [7, 11) is 0. The zero-order valence-electron chi connectivity index (χ0n) is 14.9. The molecule has 1 atom stereocenters. The van der Waals surface area contributed by atoms with Crippen molar-refractivity contribution in [3.05, 3.63) is 41.6 Å². The average molecular weight is 329 g/mol. The van der Waals surface area contributed by atoms with E-state index in [1.807, 2.05) is 30.3 Å². The molecule has 2 amide bonds. The van der Waals surface area contributed by atoms with Crippen LogP contribution in [0.3, 0.4) is 0 Å². The van der Waals surface area contributed by atoms with E-state index in [0.717, 1.165) is 11.1 Å². The Balaban J connectivity index is 1.99. The molecule has 1 aromatic rings. The van der Waals surface area contributed by atoms with E-state index in [1.165, 1.54) is 6.92 Å². The lowest BCUT2D eigenvalue weighted by Gasteiger charge is -2.32. The van der Waals surface area contributed by atoms with Crippen molar-refractivity contribution in [2.75, 3.05) is 13.1 Å². The summed E-state index contributed by atoms with van der Waals surface area (Å²) in [4.78, 5) is 25.9. The van der Waals surface area contributed by atoms with Crippen LogP contribution >= 0.6 is 0 Å². The number of nitrogens with zero attached hydrogens (tertiary/aromatic N) is 1. The lowest BCUT2D eigenvalue weighted by atomic mass is 9.93. The Bertz CT molecular complexity index is 632. The molecular weight excluding hydrogens is 302 g/mol. The van der Waals surface area contributed by atoms with Crippen LogP contribution in [0.25, 0.3) is 6.08 Å². The highest BCUT2D eigenvalue weighted by molar-refractivity contribution is 5.81. The van der Waals surface area contributed by atoms with Gasteiger partial charge < -0.3 is 15.5 Å². The van der Waals surface area contributed by atoms with Crippen LogP contribution in [-0.4, -0.2) is 35.3 Å². The highest BCUT2D eigenvalue weighted by Crippen LogP contribution is 2.32. The monoisotopic (exact) mass is 329 g/mol. The molecule has 0 aliphatic carbocycles. The van der Waals surface area contributed by atoms with Gasteiger partial charge in [-0.3, -0.25) is 9.59 Å². The van der Waals surface area contributed by atoms with Gasteiger partial charge >= 0.3 is 0 Å². The van der Waals surface area contributed by atoms with Crippen LogP contribution in [0, 0.1) is 0 Å². The van der Waals surface area contributed by atoms with E-state index in [9.17, 15) is 9.59 Å². The van der Waals surface area contributed by atoms with Crippen molar-refractivity contribution >= 4 is 17.9 Å². The number of hydrogen-bond acceptors (Lipinski definition) is 3. The fourth-order valence-corrected chi connectivity index (χ4v) is 2.80. The quantitative estimate of drug-likeness (QED) is 0.816. The SMILES string of the molecule is CC(=O)N1C=Cc2ccccc2C1CC(=O)NCCNC(C)(C)C. The van der Waals surface area contributed by atoms with Crippen molar-refractivity contribution in [1.82, 2.24) is 15.5 Å². The average Bonchev–Trinajstić information content (AvgIpc) is 2.50. The van der Waals surface area contributed by atoms with E-state index in [4.69, 9.17) is 0 Å². The summed E-state index contributed by atoms with van der Waals surface area (Å²) in [6.07, 6.45) is 3.94. The van der Waals surface area contributed by atoms with Crippen molar-refractivity contribution in [3.8, 4) is 0 Å². The van der Waals surface area contributed by atoms with Gasteiger partial charge in [-0.1, -0.05) is 24.3 Å². The van der Waals surface area contributed by atoms with Crippen LogP contribution in [0.4, 0.5) is 0 Å². The second-order valence-electron chi connectivity index (χ2n) is 7.12. The standard InChI is InChI=1S/C19H27N3O2/c1-14(23)22-12-9-15-7-5-6-8-16(15)17(22)13-18(24)20-10-11-21-19(2,3)4/h5-9,12,17,21H,10-11,13H2,1-4H3,(H,20,24). The molecule has 1 aromatic carbocycles. The minimum Gasteiger partial charge on any atom is -0.355 e. The molecule has 0 radical (unpaired) electrons. The predicted molar refractivity (Wildman–Crippen MR) is 96.1 cm³/mol. The number of amides is 2. The van der Waals surface area contributed by atoms with E-state index in [1.54, 1.807) is 11.1 Å². The number of hydrogen-bond donors (Lipinski definition) is 2. The first-order valence-electron chi connectivity index (χ1n) is 8.36. The molecule has 24 heavy (non-hydrogen) atoms. The second-order valence-corrected chi connectivity index (χ2v) is 7.12. The fraction of sp³-hybridized carbons (Fsp3) is 0.474. The van der Waals surface area contributed by atoms with Gasteiger partial charge in [-0.05, 0) is 38.0 Å². The number of carbonyl (C=O) groups is 2. The normalized spacial score (nSPS) is 16.7. The van der Waals surface area contributed by atoms with Crippen molar-refractivity contribution in [2.24, 2.45) is 0 Å². The molecule has 0 spiro atoms. The van der Waals surface area contributed by atoms with Crippen molar-refractivity contribution < 1.29 is 9.59 Å². The molecule has 0 bridgehead atoms. The molecule has 5 heteroatoms. The maximum atomic E-state index is 12.3. The molecule has 0 saturated heterocycles. The van der Waals surface area contributed by atoms with Gasteiger partial charge in [0.1, 0.15) is 0 Å². The van der Waals surface area contributed by atoms with Crippen LogP contribution in [0.5, 0.6) is 0 Å². The van der Waals surface area contributed by atoms with E-state index in [0.29, 0.717) is 13.1 Å². The maximum absolute atomic E-state index is 12.3. The number of benzene rings is 1. The first-order chi connectivity index (χ1) is 11.3. The Labute approximate surface area is 144 Å². The Morgan fingerprint density at radius 2 is 1.88 bits per heavy atom. The molecule has 1 heterocycles. The topological polar surface area (TPSA) is 61.4 Å². The molecule has 2 rings (SSSR count). The number of fused-ring (bicyclic) bond motifs is 1. The maximum Gasteiger partial charge on any atom is 0.223 e. The molecular formula is C19H27N3O2. The minimum absolute atomic E-state index is 0.0310. The van der Waals surface area contributed by atoms with Gasteiger partial charge in [0.15, 0.2) is 0 Å². The van der Waals surface area contributed by atoms with E-state index in [-0.39, 0.29) is 29.8 Å². The zero-order chi connectivity index (χ0) is 17.7. The Morgan fingerprint density at radius 3 is 2.54 bits per heavy atom. The number of rotatable bonds is 5. The molecule has 2 N–H and O–H groups in total. The number of nitrogens with one attached hydrogen (secondary N) is 2. The van der Waals surface area contributed by atoms with Gasteiger partial charge in [-0.15, -0.1) is 0 Å². The minimum atomic E-state index is -0.251. The Kier molecular flexibility index (Phi) is 5.78. The second kappa shape index (κ2) is 7.62. The van der Waals surface area contributed by atoms with Crippen LogP contribution in [0.15, 0.2) is 30.5 Å². The van der Waals surface area contributed by atoms with Crippen LogP contribution in [0.2, 0.25) is 0 Å². The third kappa shape index (κ3) is 4.93. The smallest absolute Gasteiger partial charge is 0.223 e. The molecule has 130 valence electrons. The summed E-state index contributed by atoms with van der Waals surface area (Å²) < 4.78 is 0. The summed E-state index contributed by atoms with van der Waals surface area (Å²) in [5.74, 6) is -0.111. The number of carbonyl (C=O) groups excluding carboxylic acids is 2. The van der Waals surface area contributed by atoms with Crippen LogP contribution in [0.1, 0.15) is 51.3 Å². The summed E-state index contributed by atoms with van der Waals surface area (Å²) in [5, 5.41) is 6.26.